The van der Waals surface area contributed by atoms with Crippen LogP contribution in [0.1, 0.15) is 13.0 Å². The molecule has 4 rings (SSSR count). The summed E-state index contributed by atoms with van der Waals surface area (Å²) in [6.45, 7) is 1.84. The molecular formula is C23H20FN5O3S. The quantitative estimate of drug-likeness (QED) is 0.453. The molecule has 0 aliphatic rings. The molecule has 1 aromatic carbocycles. The molecule has 0 spiro atoms. The lowest BCUT2D eigenvalue weighted by molar-refractivity contribution is -0.124. The van der Waals surface area contributed by atoms with Crippen molar-refractivity contribution in [2.75, 3.05) is 6.54 Å². The number of benzene rings is 1. The van der Waals surface area contributed by atoms with Gasteiger partial charge in [0.2, 0.25) is 5.91 Å². The van der Waals surface area contributed by atoms with Crippen LogP contribution in [0.5, 0.6) is 0 Å². The molecule has 0 aliphatic heterocycles. The largest absolute Gasteiger partial charge is 0.352 e. The molecule has 168 valence electrons. The lowest BCUT2D eigenvalue weighted by Crippen LogP contribution is -2.39. The minimum Gasteiger partial charge on any atom is -0.352 e. The summed E-state index contributed by atoms with van der Waals surface area (Å²) < 4.78 is 15.5. The third kappa shape index (κ3) is 5.12. The summed E-state index contributed by atoms with van der Waals surface area (Å²) in [5, 5.41) is 13.2. The Morgan fingerprint density at radius 3 is 2.45 bits per heavy atom. The maximum Gasteiger partial charge on any atom is 0.267 e. The molecule has 1 atom stereocenters. The Morgan fingerprint density at radius 1 is 1.00 bits per heavy atom. The van der Waals surface area contributed by atoms with Crippen LogP contribution < -0.4 is 16.4 Å². The SMILES string of the molecule is CC(C(=O)NCCn1nc(-c2ccc(F)cc2)ccc1=O)n1nc(-c2cccs2)ccc1=O. The van der Waals surface area contributed by atoms with E-state index in [2.05, 4.69) is 15.5 Å². The molecule has 0 bridgehead atoms. The zero-order valence-corrected chi connectivity index (χ0v) is 18.5. The number of carbonyl (C=O) groups is 1. The van der Waals surface area contributed by atoms with Crippen LogP contribution in [-0.2, 0) is 11.3 Å². The number of amides is 1. The van der Waals surface area contributed by atoms with E-state index in [0.29, 0.717) is 17.0 Å². The Labute approximate surface area is 192 Å². The van der Waals surface area contributed by atoms with Gasteiger partial charge in [0.05, 0.1) is 17.1 Å². The molecule has 1 unspecified atom stereocenters. The molecule has 0 aliphatic carbocycles. The number of carbonyl (C=O) groups excluding carboxylic acids is 1. The summed E-state index contributed by atoms with van der Waals surface area (Å²) in [5.74, 6) is -0.769. The number of nitrogens with one attached hydrogen (secondary N) is 1. The van der Waals surface area contributed by atoms with E-state index in [1.54, 1.807) is 31.2 Å². The number of hydrogen-bond donors (Lipinski definition) is 1. The van der Waals surface area contributed by atoms with Gasteiger partial charge in [0, 0.05) is 24.2 Å². The van der Waals surface area contributed by atoms with Crippen molar-refractivity contribution in [1.29, 1.82) is 0 Å². The van der Waals surface area contributed by atoms with Gasteiger partial charge in [-0.05, 0) is 54.8 Å². The first kappa shape index (κ1) is 22.3. The van der Waals surface area contributed by atoms with Crippen LogP contribution in [0.15, 0.2) is 75.6 Å². The average molecular weight is 466 g/mol. The van der Waals surface area contributed by atoms with E-state index in [0.717, 1.165) is 9.56 Å². The highest BCUT2D eigenvalue weighted by molar-refractivity contribution is 7.13. The summed E-state index contributed by atoms with van der Waals surface area (Å²) in [4.78, 5) is 37.9. The third-order valence-corrected chi connectivity index (χ3v) is 5.87. The van der Waals surface area contributed by atoms with Gasteiger partial charge < -0.3 is 5.32 Å². The molecule has 0 saturated carbocycles. The van der Waals surface area contributed by atoms with Crippen LogP contribution >= 0.6 is 11.3 Å². The van der Waals surface area contributed by atoms with Crippen LogP contribution in [0.25, 0.3) is 21.8 Å². The Balaban J connectivity index is 1.43. The van der Waals surface area contributed by atoms with E-state index in [1.165, 1.54) is 40.3 Å². The third-order valence-electron chi connectivity index (χ3n) is 4.97. The predicted octanol–water partition coefficient (Wildman–Crippen LogP) is 2.71. The molecule has 4 aromatic rings. The first-order chi connectivity index (χ1) is 15.9. The van der Waals surface area contributed by atoms with Gasteiger partial charge in [-0.25, -0.2) is 13.8 Å². The molecule has 3 aromatic heterocycles. The highest BCUT2D eigenvalue weighted by Gasteiger charge is 2.18. The Hall–Kier alpha value is -3.92. The van der Waals surface area contributed by atoms with Gasteiger partial charge in [0.1, 0.15) is 17.6 Å². The van der Waals surface area contributed by atoms with Crippen molar-refractivity contribution in [2.24, 2.45) is 0 Å². The van der Waals surface area contributed by atoms with Crippen molar-refractivity contribution in [3.05, 3.63) is 92.6 Å². The van der Waals surface area contributed by atoms with Crippen LogP contribution in [0.2, 0.25) is 0 Å². The van der Waals surface area contributed by atoms with Crippen molar-refractivity contribution in [3.8, 4) is 21.8 Å². The second-order valence-corrected chi connectivity index (χ2v) is 8.18. The summed E-state index contributed by atoms with van der Waals surface area (Å²) in [7, 11) is 0. The fourth-order valence-corrected chi connectivity index (χ4v) is 3.88. The van der Waals surface area contributed by atoms with E-state index < -0.39 is 11.9 Å². The van der Waals surface area contributed by atoms with Gasteiger partial charge in [-0.3, -0.25) is 14.4 Å². The Morgan fingerprint density at radius 2 is 1.73 bits per heavy atom. The Bertz CT molecular complexity index is 1380. The lowest BCUT2D eigenvalue weighted by Gasteiger charge is -2.15. The smallest absolute Gasteiger partial charge is 0.267 e. The van der Waals surface area contributed by atoms with Gasteiger partial charge >= 0.3 is 0 Å². The van der Waals surface area contributed by atoms with Crippen molar-refractivity contribution >= 4 is 17.2 Å². The summed E-state index contributed by atoms with van der Waals surface area (Å²) in [5.41, 5.74) is 1.07. The van der Waals surface area contributed by atoms with Gasteiger partial charge in [-0.15, -0.1) is 11.3 Å². The maximum atomic E-state index is 13.2. The normalized spacial score (nSPS) is 11.8. The number of hydrogen-bond acceptors (Lipinski definition) is 6. The van der Waals surface area contributed by atoms with Crippen LogP contribution in [0, 0.1) is 5.82 Å². The first-order valence-corrected chi connectivity index (χ1v) is 11.1. The highest BCUT2D eigenvalue weighted by atomic mass is 32.1. The number of thiophene rings is 1. The summed E-state index contributed by atoms with van der Waals surface area (Å²) in [6, 6.07) is 14.7. The molecule has 1 amide bonds. The van der Waals surface area contributed by atoms with E-state index in [4.69, 9.17) is 0 Å². The standard InChI is InChI=1S/C23H20FN5O3S/c1-15(29-22(31)11-9-19(27-29)20-3-2-14-33-20)23(32)25-12-13-28-21(30)10-8-18(26-28)16-4-6-17(24)7-5-16/h2-11,14-15H,12-13H2,1H3,(H,25,32). The van der Waals surface area contributed by atoms with Gasteiger partial charge in [-0.2, -0.15) is 10.2 Å². The molecule has 1 N–H and O–H groups in total. The zero-order chi connectivity index (χ0) is 23.4. The number of rotatable bonds is 7. The molecule has 0 fully saturated rings. The zero-order valence-electron chi connectivity index (χ0n) is 17.6. The summed E-state index contributed by atoms with van der Waals surface area (Å²) in [6.07, 6.45) is 0. The molecule has 33 heavy (non-hydrogen) atoms. The van der Waals surface area contributed by atoms with E-state index in [9.17, 15) is 18.8 Å². The van der Waals surface area contributed by atoms with E-state index >= 15 is 0 Å². The van der Waals surface area contributed by atoms with Crippen LogP contribution in [0.3, 0.4) is 0 Å². The van der Waals surface area contributed by atoms with Crippen molar-refractivity contribution in [2.45, 2.75) is 19.5 Å². The molecule has 0 radical (unpaired) electrons. The van der Waals surface area contributed by atoms with Crippen molar-refractivity contribution in [3.63, 3.8) is 0 Å². The summed E-state index contributed by atoms with van der Waals surface area (Å²) >= 11 is 1.49. The molecule has 3 heterocycles. The van der Waals surface area contributed by atoms with Gasteiger partial charge in [0.25, 0.3) is 11.1 Å². The van der Waals surface area contributed by atoms with Crippen LogP contribution in [0.4, 0.5) is 4.39 Å². The molecule has 10 heteroatoms. The number of aromatic nitrogens is 4. The minimum absolute atomic E-state index is 0.127. The first-order valence-electron chi connectivity index (χ1n) is 10.2. The van der Waals surface area contributed by atoms with E-state index in [-0.39, 0.29) is 30.0 Å². The predicted molar refractivity (Wildman–Crippen MR) is 123 cm³/mol. The molecule has 0 saturated heterocycles. The average Bonchev–Trinajstić information content (AvgIpc) is 3.36. The topological polar surface area (TPSA) is 98.9 Å². The van der Waals surface area contributed by atoms with Crippen LogP contribution in [-0.4, -0.2) is 32.0 Å². The van der Waals surface area contributed by atoms with Gasteiger partial charge in [-0.1, -0.05) is 6.07 Å². The van der Waals surface area contributed by atoms with Crippen molar-refractivity contribution < 1.29 is 9.18 Å². The molecule has 8 nitrogen and oxygen atoms in total. The fourth-order valence-electron chi connectivity index (χ4n) is 3.19. The number of nitrogens with zero attached hydrogens (tertiary/aromatic N) is 4. The second kappa shape index (κ2) is 9.70. The second-order valence-electron chi connectivity index (χ2n) is 7.23. The Kier molecular flexibility index (Phi) is 6.55. The van der Waals surface area contributed by atoms with Gasteiger partial charge in [0.15, 0.2) is 0 Å². The maximum absolute atomic E-state index is 13.2. The van der Waals surface area contributed by atoms with E-state index in [1.807, 2.05) is 17.5 Å². The minimum atomic E-state index is -0.840. The van der Waals surface area contributed by atoms with Crippen molar-refractivity contribution in [1.82, 2.24) is 24.9 Å². The fraction of sp³-hybridized carbons (Fsp3) is 0.174. The highest BCUT2D eigenvalue weighted by Crippen LogP contribution is 2.21. The molecular weight excluding hydrogens is 445 g/mol. The monoisotopic (exact) mass is 465 g/mol. The number of halogens is 1. The lowest BCUT2D eigenvalue weighted by atomic mass is 10.1.